The van der Waals surface area contributed by atoms with Crippen LogP contribution >= 0.6 is 0 Å². The Balaban J connectivity index is 2.81. The second-order valence-corrected chi connectivity index (χ2v) is 3.66. The molecule has 0 aromatic heterocycles. The number of hydrogen-bond acceptors (Lipinski definition) is 2. The molecule has 1 rings (SSSR count). The van der Waals surface area contributed by atoms with E-state index in [1.165, 1.54) is 19.1 Å². The van der Waals surface area contributed by atoms with E-state index in [-0.39, 0.29) is 5.69 Å². The minimum atomic E-state index is -0.994. The van der Waals surface area contributed by atoms with Gasteiger partial charge in [-0.25, -0.2) is 8.78 Å². The first-order chi connectivity index (χ1) is 7.43. The first-order valence-electron chi connectivity index (χ1n) is 4.87. The molecule has 0 aliphatic carbocycles. The topological polar surface area (TPSA) is 49.3 Å². The van der Waals surface area contributed by atoms with Gasteiger partial charge in [-0.2, -0.15) is 0 Å². The lowest BCUT2D eigenvalue weighted by atomic mass is 10.0. The molecule has 0 fully saturated rings. The Hall–Kier alpha value is -1.65. The molecule has 0 heterocycles. The maximum atomic E-state index is 13.2. The van der Waals surface area contributed by atoms with E-state index in [9.17, 15) is 13.6 Å². The van der Waals surface area contributed by atoms with Crippen LogP contribution in [0.1, 0.15) is 13.8 Å². The van der Waals surface area contributed by atoms with E-state index in [0.29, 0.717) is 0 Å². The van der Waals surface area contributed by atoms with E-state index >= 15 is 0 Å². The van der Waals surface area contributed by atoms with Crippen molar-refractivity contribution in [3.05, 3.63) is 29.8 Å². The van der Waals surface area contributed by atoms with Crippen LogP contribution in [0.2, 0.25) is 0 Å². The van der Waals surface area contributed by atoms with Gasteiger partial charge in [0.25, 0.3) is 0 Å². The third-order valence-electron chi connectivity index (χ3n) is 2.47. The molecule has 2 N–H and O–H groups in total. The van der Waals surface area contributed by atoms with Crippen molar-refractivity contribution in [2.75, 3.05) is 5.32 Å². The number of carboxylic acids is 1. The number of carboxylic acid groups (broad SMARTS) is 1. The van der Waals surface area contributed by atoms with Gasteiger partial charge < -0.3 is 10.4 Å². The minimum Gasteiger partial charge on any atom is -0.481 e. The third kappa shape index (κ3) is 2.68. The molecule has 0 aliphatic heterocycles. The van der Waals surface area contributed by atoms with Crippen molar-refractivity contribution in [3.63, 3.8) is 0 Å². The first-order valence-corrected chi connectivity index (χ1v) is 4.87. The number of rotatable bonds is 4. The van der Waals surface area contributed by atoms with Crippen LogP contribution in [-0.4, -0.2) is 17.1 Å². The van der Waals surface area contributed by atoms with E-state index in [2.05, 4.69) is 5.32 Å². The van der Waals surface area contributed by atoms with Gasteiger partial charge in [-0.3, -0.25) is 4.79 Å². The van der Waals surface area contributed by atoms with E-state index in [1.807, 2.05) is 0 Å². The van der Waals surface area contributed by atoms with Gasteiger partial charge in [-0.15, -0.1) is 0 Å². The maximum Gasteiger partial charge on any atom is 0.308 e. The number of hydrogen-bond donors (Lipinski definition) is 2. The normalized spacial score (nSPS) is 14.2. The van der Waals surface area contributed by atoms with Gasteiger partial charge >= 0.3 is 5.97 Å². The van der Waals surface area contributed by atoms with Gasteiger partial charge in [0.15, 0.2) is 11.6 Å². The lowest BCUT2D eigenvalue weighted by Gasteiger charge is -2.19. The van der Waals surface area contributed by atoms with Gasteiger partial charge in [-0.05, 0) is 26.0 Å². The molecule has 0 saturated carbocycles. The van der Waals surface area contributed by atoms with Crippen molar-refractivity contribution in [2.24, 2.45) is 5.92 Å². The van der Waals surface area contributed by atoms with E-state index in [0.717, 1.165) is 6.07 Å². The Bertz CT molecular complexity index is 396. The SMILES string of the molecule is CC(Nc1cccc(F)c1F)C(C)C(=O)O. The third-order valence-corrected chi connectivity index (χ3v) is 2.47. The number of nitrogens with one attached hydrogen (secondary N) is 1. The second-order valence-electron chi connectivity index (χ2n) is 3.66. The Labute approximate surface area is 92.1 Å². The number of benzene rings is 1. The van der Waals surface area contributed by atoms with Gasteiger partial charge in [0.1, 0.15) is 0 Å². The smallest absolute Gasteiger partial charge is 0.308 e. The molecule has 88 valence electrons. The lowest BCUT2D eigenvalue weighted by molar-refractivity contribution is -0.141. The van der Waals surface area contributed by atoms with Crippen LogP contribution in [0.25, 0.3) is 0 Å². The standard InChI is InChI=1S/C11H13F2NO2/c1-6(11(15)16)7(2)14-9-5-3-4-8(12)10(9)13/h3-7,14H,1-2H3,(H,15,16). The average molecular weight is 229 g/mol. The summed E-state index contributed by atoms with van der Waals surface area (Å²) in [7, 11) is 0. The molecule has 0 amide bonds. The summed E-state index contributed by atoms with van der Waals surface area (Å²) in [6.45, 7) is 3.10. The number of halogens is 2. The van der Waals surface area contributed by atoms with Crippen molar-refractivity contribution in [1.29, 1.82) is 0 Å². The van der Waals surface area contributed by atoms with Crippen LogP contribution in [0.4, 0.5) is 14.5 Å². The molecule has 1 aromatic carbocycles. The Morgan fingerprint density at radius 1 is 1.38 bits per heavy atom. The summed E-state index contributed by atoms with van der Waals surface area (Å²) in [5.74, 6) is -3.63. The summed E-state index contributed by atoms with van der Waals surface area (Å²) in [4.78, 5) is 10.7. The van der Waals surface area contributed by atoms with Crippen molar-refractivity contribution < 1.29 is 18.7 Å². The molecular formula is C11H13F2NO2. The highest BCUT2D eigenvalue weighted by Gasteiger charge is 2.20. The number of anilines is 1. The molecule has 0 saturated heterocycles. The monoisotopic (exact) mass is 229 g/mol. The van der Waals surface area contributed by atoms with Crippen molar-refractivity contribution in [1.82, 2.24) is 0 Å². The highest BCUT2D eigenvalue weighted by atomic mass is 19.2. The van der Waals surface area contributed by atoms with Crippen molar-refractivity contribution >= 4 is 11.7 Å². The zero-order chi connectivity index (χ0) is 12.3. The average Bonchev–Trinajstić information content (AvgIpc) is 2.23. The molecule has 16 heavy (non-hydrogen) atoms. The molecule has 0 bridgehead atoms. The molecule has 0 spiro atoms. The van der Waals surface area contributed by atoms with Gasteiger partial charge in [0.2, 0.25) is 0 Å². The summed E-state index contributed by atoms with van der Waals surface area (Å²) < 4.78 is 26.1. The lowest BCUT2D eigenvalue weighted by Crippen LogP contribution is -2.30. The Morgan fingerprint density at radius 2 is 2.00 bits per heavy atom. The fourth-order valence-electron chi connectivity index (χ4n) is 1.20. The van der Waals surface area contributed by atoms with E-state index < -0.39 is 29.6 Å². The van der Waals surface area contributed by atoms with Gasteiger partial charge in [-0.1, -0.05) is 6.07 Å². The molecular weight excluding hydrogens is 216 g/mol. The Morgan fingerprint density at radius 3 is 2.56 bits per heavy atom. The maximum absolute atomic E-state index is 13.2. The molecule has 0 radical (unpaired) electrons. The summed E-state index contributed by atoms with van der Waals surface area (Å²) >= 11 is 0. The largest absolute Gasteiger partial charge is 0.481 e. The molecule has 2 unspecified atom stereocenters. The van der Waals surface area contributed by atoms with Crippen molar-refractivity contribution in [3.8, 4) is 0 Å². The number of aliphatic carboxylic acids is 1. The molecule has 2 atom stereocenters. The summed E-state index contributed by atoms with van der Waals surface area (Å²) in [6, 6.07) is 3.24. The predicted octanol–water partition coefficient (Wildman–Crippen LogP) is 2.49. The molecule has 0 aliphatic rings. The number of carbonyl (C=O) groups is 1. The first kappa shape index (κ1) is 12.4. The fourth-order valence-corrected chi connectivity index (χ4v) is 1.20. The van der Waals surface area contributed by atoms with E-state index in [4.69, 9.17) is 5.11 Å². The summed E-state index contributed by atoms with van der Waals surface area (Å²) in [5, 5.41) is 11.4. The Kier molecular flexibility index (Phi) is 3.82. The highest BCUT2D eigenvalue weighted by Crippen LogP contribution is 2.19. The molecule has 3 nitrogen and oxygen atoms in total. The van der Waals surface area contributed by atoms with Crippen LogP contribution in [-0.2, 0) is 4.79 Å². The van der Waals surface area contributed by atoms with Crippen molar-refractivity contribution in [2.45, 2.75) is 19.9 Å². The fraction of sp³-hybridized carbons (Fsp3) is 0.364. The minimum absolute atomic E-state index is 0.0272. The zero-order valence-electron chi connectivity index (χ0n) is 9.00. The van der Waals surface area contributed by atoms with Crippen LogP contribution in [0.3, 0.4) is 0 Å². The summed E-state index contributed by atoms with van der Waals surface area (Å²) in [6.07, 6.45) is 0. The summed E-state index contributed by atoms with van der Waals surface area (Å²) in [5.41, 5.74) is -0.0272. The zero-order valence-corrected chi connectivity index (χ0v) is 9.00. The van der Waals surface area contributed by atoms with E-state index in [1.54, 1.807) is 6.92 Å². The van der Waals surface area contributed by atoms with Gasteiger partial charge in [0, 0.05) is 6.04 Å². The molecule has 5 heteroatoms. The second kappa shape index (κ2) is 4.92. The predicted molar refractivity (Wildman–Crippen MR) is 56.2 cm³/mol. The van der Waals surface area contributed by atoms with Gasteiger partial charge in [0.05, 0.1) is 11.6 Å². The quantitative estimate of drug-likeness (QED) is 0.833. The van der Waals surface area contributed by atoms with Crippen LogP contribution in [0.15, 0.2) is 18.2 Å². The molecule has 1 aromatic rings. The van der Waals surface area contributed by atoms with Crippen LogP contribution in [0, 0.1) is 17.6 Å². The highest BCUT2D eigenvalue weighted by molar-refractivity contribution is 5.71. The van der Waals surface area contributed by atoms with Crippen LogP contribution in [0.5, 0.6) is 0 Å². The van der Waals surface area contributed by atoms with Crippen LogP contribution < -0.4 is 5.32 Å².